The topological polar surface area (TPSA) is 67.4 Å². The van der Waals surface area contributed by atoms with Gasteiger partial charge in [-0.25, -0.2) is 0 Å². The van der Waals surface area contributed by atoms with Crippen LogP contribution in [0.2, 0.25) is 0 Å². The quantitative estimate of drug-likeness (QED) is 0.692. The maximum atomic E-state index is 12.8. The molecule has 1 aliphatic heterocycles. The molecule has 28 heavy (non-hydrogen) atoms. The maximum Gasteiger partial charge on any atom is 0.256 e. The molecule has 0 radical (unpaired) electrons. The van der Waals surface area contributed by atoms with E-state index in [4.69, 9.17) is 4.74 Å². The standard InChI is InChI=1S/C22H24N2O3S/c25-21(23-16-10-11-16)15-5-3-6-17(13-15)24-22(26)19-8-1-2-9-20(19)28-14-18-7-4-12-27-18/h1-3,5-6,8-9,13,16,18H,4,7,10-12,14H2,(H,23,25)(H,24,26)/t18-/m1/s1. The second-order valence-corrected chi connectivity index (χ2v) is 8.29. The molecule has 2 amide bonds. The highest BCUT2D eigenvalue weighted by Crippen LogP contribution is 2.27. The number of thioether (sulfide) groups is 1. The second-order valence-electron chi connectivity index (χ2n) is 7.22. The molecule has 2 aromatic rings. The molecular weight excluding hydrogens is 372 g/mol. The van der Waals surface area contributed by atoms with Crippen LogP contribution in [0.15, 0.2) is 53.4 Å². The molecule has 6 heteroatoms. The summed E-state index contributed by atoms with van der Waals surface area (Å²) in [7, 11) is 0. The molecule has 4 rings (SSSR count). The summed E-state index contributed by atoms with van der Waals surface area (Å²) in [6.07, 6.45) is 4.54. The fourth-order valence-electron chi connectivity index (χ4n) is 3.17. The largest absolute Gasteiger partial charge is 0.377 e. The van der Waals surface area contributed by atoms with Crippen molar-refractivity contribution >= 4 is 29.3 Å². The molecule has 0 aromatic heterocycles. The van der Waals surface area contributed by atoms with Crippen LogP contribution in [0.25, 0.3) is 0 Å². The van der Waals surface area contributed by atoms with Crippen LogP contribution in [-0.4, -0.2) is 36.3 Å². The van der Waals surface area contributed by atoms with Crippen molar-refractivity contribution in [3.05, 3.63) is 59.7 Å². The molecule has 0 bridgehead atoms. The predicted molar refractivity (Wildman–Crippen MR) is 111 cm³/mol. The molecule has 0 unspecified atom stereocenters. The van der Waals surface area contributed by atoms with E-state index in [1.807, 2.05) is 24.3 Å². The molecule has 0 spiro atoms. The highest BCUT2D eigenvalue weighted by atomic mass is 32.2. The Kier molecular flexibility index (Phi) is 5.98. The minimum absolute atomic E-state index is 0.0916. The SMILES string of the molecule is O=C(NC1CC1)c1cccc(NC(=O)c2ccccc2SC[C@H]2CCCO2)c1. The van der Waals surface area contributed by atoms with Crippen molar-refractivity contribution in [2.75, 3.05) is 17.7 Å². The lowest BCUT2D eigenvalue weighted by Crippen LogP contribution is -2.25. The van der Waals surface area contributed by atoms with E-state index < -0.39 is 0 Å². The van der Waals surface area contributed by atoms with Crippen molar-refractivity contribution in [2.24, 2.45) is 0 Å². The lowest BCUT2D eigenvalue weighted by molar-refractivity contribution is 0.0949. The summed E-state index contributed by atoms with van der Waals surface area (Å²) in [5.41, 5.74) is 1.82. The highest BCUT2D eigenvalue weighted by Gasteiger charge is 2.24. The van der Waals surface area contributed by atoms with Gasteiger partial charge >= 0.3 is 0 Å². The number of carbonyl (C=O) groups is 2. The van der Waals surface area contributed by atoms with Crippen molar-refractivity contribution in [2.45, 2.75) is 42.7 Å². The van der Waals surface area contributed by atoms with E-state index in [2.05, 4.69) is 10.6 Å². The van der Waals surface area contributed by atoms with Crippen molar-refractivity contribution in [3.63, 3.8) is 0 Å². The Morgan fingerprint density at radius 1 is 1.04 bits per heavy atom. The molecule has 2 fully saturated rings. The van der Waals surface area contributed by atoms with Gasteiger partial charge in [0.25, 0.3) is 11.8 Å². The van der Waals surface area contributed by atoms with Gasteiger partial charge in [0.05, 0.1) is 11.7 Å². The Labute approximate surface area is 169 Å². The third-order valence-electron chi connectivity index (χ3n) is 4.88. The minimum atomic E-state index is -0.171. The Morgan fingerprint density at radius 3 is 2.68 bits per heavy atom. The Morgan fingerprint density at radius 2 is 1.89 bits per heavy atom. The van der Waals surface area contributed by atoms with Gasteiger partial charge in [-0.05, 0) is 56.0 Å². The van der Waals surface area contributed by atoms with Gasteiger partial charge < -0.3 is 15.4 Å². The zero-order valence-electron chi connectivity index (χ0n) is 15.6. The van der Waals surface area contributed by atoms with E-state index in [-0.39, 0.29) is 17.9 Å². The monoisotopic (exact) mass is 396 g/mol. The van der Waals surface area contributed by atoms with Crippen LogP contribution in [0, 0.1) is 0 Å². The lowest BCUT2D eigenvalue weighted by Gasteiger charge is -2.13. The fourth-order valence-corrected chi connectivity index (χ4v) is 4.29. The van der Waals surface area contributed by atoms with Gasteiger partial charge in [-0.15, -0.1) is 11.8 Å². The number of benzene rings is 2. The first-order valence-electron chi connectivity index (χ1n) is 9.75. The number of nitrogens with one attached hydrogen (secondary N) is 2. The van der Waals surface area contributed by atoms with Crippen LogP contribution in [0.5, 0.6) is 0 Å². The minimum Gasteiger partial charge on any atom is -0.377 e. The summed E-state index contributed by atoms with van der Waals surface area (Å²) in [6, 6.07) is 15.0. The summed E-state index contributed by atoms with van der Waals surface area (Å²) < 4.78 is 5.68. The predicted octanol–water partition coefficient (Wildman–Crippen LogP) is 4.10. The van der Waals surface area contributed by atoms with Gasteiger partial charge in [0.15, 0.2) is 0 Å². The zero-order valence-corrected chi connectivity index (χ0v) is 16.5. The molecule has 1 aliphatic carbocycles. The van der Waals surface area contributed by atoms with Crippen molar-refractivity contribution in [1.82, 2.24) is 5.32 Å². The van der Waals surface area contributed by atoms with Gasteiger partial charge in [0.2, 0.25) is 0 Å². The molecule has 1 saturated heterocycles. The summed E-state index contributed by atoms with van der Waals surface area (Å²) in [6.45, 7) is 0.831. The molecule has 1 atom stereocenters. The lowest BCUT2D eigenvalue weighted by atomic mass is 10.1. The normalized spacial score (nSPS) is 18.6. The number of ether oxygens (including phenoxy) is 1. The second kappa shape index (κ2) is 8.80. The van der Waals surface area contributed by atoms with Gasteiger partial charge in [-0.2, -0.15) is 0 Å². The summed E-state index contributed by atoms with van der Waals surface area (Å²) >= 11 is 1.66. The molecule has 146 valence electrons. The van der Waals surface area contributed by atoms with Gasteiger partial charge in [0.1, 0.15) is 0 Å². The van der Waals surface area contributed by atoms with Gasteiger partial charge in [-0.1, -0.05) is 18.2 Å². The molecular formula is C22H24N2O3S. The smallest absolute Gasteiger partial charge is 0.256 e. The van der Waals surface area contributed by atoms with Gasteiger partial charge in [0, 0.05) is 34.5 Å². The first-order chi connectivity index (χ1) is 13.7. The average Bonchev–Trinajstić information content (AvgIpc) is 3.37. The number of anilines is 1. The first kappa shape index (κ1) is 19.0. The average molecular weight is 397 g/mol. The number of carbonyl (C=O) groups excluding carboxylic acids is 2. The maximum absolute atomic E-state index is 12.8. The molecule has 2 N–H and O–H groups in total. The van der Waals surface area contributed by atoms with Crippen LogP contribution in [-0.2, 0) is 4.74 Å². The number of hydrogen-bond acceptors (Lipinski definition) is 4. The third kappa shape index (κ3) is 4.94. The van der Waals surface area contributed by atoms with E-state index in [1.165, 1.54) is 0 Å². The molecule has 1 saturated carbocycles. The Bertz CT molecular complexity index is 860. The van der Waals surface area contributed by atoms with E-state index >= 15 is 0 Å². The summed E-state index contributed by atoms with van der Waals surface area (Å²) in [5, 5.41) is 5.90. The molecule has 2 aliphatic rings. The molecule has 2 aromatic carbocycles. The van der Waals surface area contributed by atoms with Crippen LogP contribution in [0.3, 0.4) is 0 Å². The van der Waals surface area contributed by atoms with Crippen molar-refractivity contribution in [1.29, 1.82) is 0 Å². The summed E-state index contributed by atoms with van der Waals surface area (Å²) in [4.78, 5) is 26.0. The van der Waals surface area contributed by atoms with Crippen LogP contribution in [0.4, 0.5) is 5.69 Å². The Balaban J connectivity index is 1.42. The van der Waals surface area contributed by atoms with E-state index in [9.17, 15) is 9.59 Å². The zero-order chi connectivity index (χ0) is 19.3. The van der Waals surface area contributed by atoms with E-state index in [0.717, 1.165) is 42.9 Å². The number of amides is 2. The van der Waals surface area contributed by atoms with Gasteiger partial charge in [-0.3, -0.25) is 9.59 Å². The van der Waals surface area contributed by atoms with Crippen LogP contribution in [0.1, 0.15) is 46.4 Å². The van der Waals surface area contributed by atoms with Crippen molar-refractivity contribution < 1.29 is 14.3 Å². The summed E-state index contributed by atoms with van der Waals surface area (Å²) in [5.74, 6) is 0.586. The molecule has 5 nitrogen and oxygen atoms in total. The number of hydrogen-bond donors (Lipinski definition) is 2. The van der Waals surface area contributed by atoms with Crippen LogP contribution >= 0.6 is 11.8 Å². The number of rotatable bonds is 7. The first-order valence-corrected chi connectivity index (χ1v) is 10.7. The fraction of sp³-hybridized carbons (Fsp3) is 0.364. The molecule has 1 heterocycles. The van der Waals surface area contributed by atoms with Crippen LogP contribution < -0.4 is 10.6 Å². The van der Waals surface area contributed by atoms with Crippen molar-refractivity contribution in [3.8, 4) is 0 Å². The van der Waals surface area contributed by atoms with E-state index in [1.54, 1.807) is 36.0 Å². The third-order valence-corrected chi connectivity index (χ3v) is 6.08. The highest BCUT2D eigenvalue weighted by molar-refractivity contribution is 7.99. The Hall–Kier alpha value is -2.31. The van der Waals surface area contributed by atoms with E-state index in [0.29, 0.717) is 22.9 Å².